The molecule has 0 bridgehead atoms. The van der Waals surface area contributed by atoms with Crippen LogP contribution in [0.5, 0.6) is 0 Å². The zero-order valence-electron chi connectivity index (χ0n) is 38.1. The number of oxime groups is 1. The van der Waals surface area contributed by atoms with Crippen LogP contribution in [0.4, 0.5) is 0 Å². The van der Waals surface area contributed by atoms with E-state index in [4.69, 9.17) is 52.2 Å². The van der Waals surface area contributed by atoms with Crippen molar-refractivity contribution >= 4 is 17.7 Å². The van der Waals surface area contributed by atoms with Gasteiger partial charge in [0.15, 0.2) is 24.4 Å². The number of nitrogens with zero attached hydrogens (tertiary/aromatic N) is 1. The number of ether oxygens (including phenoxy) is 10. The number of carbonyl (C=O) groups excluding carboxylic acids is 2. The molecular weight excluding hydrogens is 835 g/mol. The third-order valence-corrected chi connectivity index (χ3v) is 11.0. The van der Waals surface area contributed by atoms with E-state index in [1.807, 2.05) is 121 Å². The van der Waals surface area contributed by atoms with Gasteiger partial charge in [-0.2, -0.15) is 0 Å². The fourth-order valence-corrected chi connectivity index (χ4v) is 7.37. The third-order valence-electron chi connectivity index (χ3n) is 11.0. The first-order valence-electron chi connectivity index (χ1n) is 22.0. The number of carbonyl (C=O) groups is 2. The van der Waals surface area contributed by atoms with Gasteiger partial charge in [-0.3, -0.25) is 4.79 Å². The Kier molecular flexibility index (Phi) is 16.3. The van der Waals surface area contributed by atoms with Crippen LogP contribution in [0.2, 0.25) is 0 Å². The zero-order chi connectivity index (χ0) is 46.0. The molecule has 4 aromatic carbocycles. The zero-order valence-corrected chi connectivity index (χ0v) is 38.1. The van der Waals surface area contributed by atoms with Crippen LogP contribution in [0.3, 0.4) is 0 Å². The number of hydrogen-bond acceptors (Lipinski definition) is 14. The third kappa shape index (κ3) is 12.7. The van der Waals surface area contributed by atoms with Crippen LogP contribution in [-0.2, 0) is 81.6 Å². The highest BCUT2D eigenvalue weighted by Gasteiger charge is 2.54. The van der Waals surface area contributed by atoms with Gasteiger partial charge in [0.2, 0.25) is 6.29 Å². The van der Waals surface area contributed by atoms with Gasteiger partial charge in [-0.05, 0) is 58.2 Å². The summed E-state index contributed by atoms with van der Waals surface area (Å²) < 4.78 is 65.1. The summed E-state index contributed by atoms with van der Waals surface area (Å²) in [5.74, 6) is -1.18. The summed E-state index contributed by atoms with van der Waals surface area (Å²) >= 11 is 0. The predicted molar refractivity (Wildman–Crippen MR) is 238 cm³/mol. The molecule has 10 atom stereocenters. The summed E-state index contributed by atoms with van der Waals surface area (Å²) in [5, 5.41) is 4.35. The maximum Gasteiger partial charge on any atom is 0.340 e. The minimum Gasteiger partial charge on any atom is -0.453 e. The van der Waals surface area contributed by atoms with Crippen molar-refractivity contribution < 1.29 is 61.8 Å². The molecule has 14 heteroatoms. The summed E-state index contributed by atoms with van der Waals surface area (Å²) in [6.07, 6.45) is -9.23. The Morgan fingerprint density at radius 1 is 0.615 bits per heavy atom. The van der Waals surface area contributed by atoms with E-state index in [1.54, 1.807) is 48.7 Å². The average molecular weight is 896 g/mol. The number of hydrogen-bond donors (Lipinski definition) is 0. The number of fused-ring (bicyclic) bond motifs is 1. The number of methoxy groups -OCH3 is 1. The molecule has 0 aromatic heterocycles. The topological polar surface area (TPSA) is 148 Å². The van der Waals surface area contributed by atoms with E-state index in [0.29, 0.717) is 0 Å². The highest BCUT2D eigenvalue weighted by Crippen LogP contribution is 2.37. The van der Waals surface area contributed by atoms with Crippen molar-refractivity contribution in [3.8, 4) is 0 Å². The summed E-state index contributed by atoms with van der Waals surface area (Å²) in [6.45, 7) is 10.9. The highest BCUT2D eigenvalue weighted by atomic mass is 16.8. The van der Waals surface area contributed by atoms with Crippen molar-refractivity contribution in [1.82, 2.24) is 0 Å². The molecule has 3 aliphatic rings. The van der Waals surface area contributed by atoms with Crippen molar-refractivity contribution in [3.05, 3.63) is 144 Å². The van der Waals surface area contributed by atoms with Crippen LogP contribution in [0.25, 0.3) is 0 Å². The van der Waals surface area contributed by atoms with Crippen LogP contribution < -0.4 is 0 Å². The smallest absolute Gasteiger partial charge is 0.340 e. The highest BCUT2D eigenvalue weighted by molar-refractivity contribution is 5.95. The Hall–Kier alpha value is -4.87. The lowest BCUT2D eigenvalue weighted by Crippen LogP contribution is -2.64. The summed E-state index contributed by atoms with van der Waals surface area (Å²) in [5.41, 5.74) is 1.70. The second-order valence-electron chi connectivity index (χ2n) is 18.3. The second kappa shape index (κ2) is 22.1. The fourth-order valence-electron chi connectivity index (χ4n) is 7.37. The quantitative estimate of drug-likeness (QED) is 0.0611. The van der Waals surface area contributed by atoms with Gasteiger partial charge in [0.1, 0.15) is 36.6 Å². The second-order valence-corrected chi connectivity index (χ2v) is 18.3. The lowest BCUT2D eigenvalue weighted by atomic mass is 9.95. The fraction of sp³-hybridized carbons (Fsp3) is 0.471. The van der Waals surface area contributed by atoms with E-state index in [1.165, 1.54) is 0 Å². The molecule has 0 aliphatic carbocycles. The summed E-state index contributed by atoms with van der Waals surface area (Å²) in [7, 11) is 1.54. The lowest BCUT2D eigenvalue weighted by Gasteiger charge is -2.47. The number of rotatable bonds is 16. The van der Waals surface area contributed by atoms with Gasteiger partial charge < -0.3 is 52.2 Å². The molecule has 0 saturated carbocycles. The van der Waals surface area contributed by atoms with Crippen molar-refractivity contribution in [3.63, 3.8) is 0 Å². The average Bonchev–Trinajstić information content (AvgIpc) is 3.31. The van der Waals surface area contributed by atoms with Gasteiger partial charge in [0, 0.05) is 12.7 Å². The van der Waals surface area contributed by atoms with Gasteiger partial charge in [-0.1, -0.05) is 126 Å². The molecule has 3 fully saturated rings. The standard InChI is InChI=1S/C51H61NO13/c1-50(2,3)48(53)64-42-39(52-65-49(54)51(4,5)6)46(61-38-32-59-45(63-41(38)42)36-26-18-11-19-27-36)60-31-37-40(56-28-33-20-12-8-13-21-33)43(57-29-34-22-14-9-15-23-34)44(47(55-7)62-37)58-30-35-24-16-10-17-25-35/h8-27,37-38,40-47H,28-32H2,1-7H3/b52-39-/t37-,38-,40-,41-,42-,43+,44-,45-,46-,47+/m1/s1. The SMILES string of the molecule is CO[C@H]1O[C@H](CO[C@@H]2O[C@@H]3CO[C@@H](c4ccccc4)O[C@H]3[C@H](OC(=O)C(C)(C)C)/C2=N/OC(=O)C(C)(C)C)[C@@H](OCc2ccccc2)[C@H](OCc2ccccc2)[C@H]1OCc1ccccc1. The van der Waals surface area contributed by atoms with Crippen LogP contribution in [0, 0.1) is 10.8 Å². The first-order chi connectivity index (χ1) is 31.3. The minimum atomic E-state index is -1.35. The van der Waals surface area contributed by atoms with E-state index in [0.717, 1.165) is 22.3 Å². The molecule has 0 N–H and O–H groups in total. The molecule has 3 aliphatic heterocycles. The minimum absolute atomic E-state index is 0.0306. The number of benzene rings is 4. The van der Waals surface area contributed by atoms with Gasteiger partial charge >= 0.3 is 11.9 Å². The van der Waals surface area contributed by atoms with Crippen LogP contribution >= 0.6 is 0 Å². The van der Waals surface area contributed by atoms with Crippen LogP contribution in [-0.4, -0.2) is 93.3 Å². The van der Waals surface area contributed by atoms with Gasteiger partial charge in [-0.15, -0.1) is 0 Å². The molecule has 7 rings (SSSR count). The predicted octanol–water partition coefficient (Wildman–Crippen LogP) is 7.87. The van der Waals surface area contributed by atoms with Gasteiger partial charge in [0.25, 0.3) is 0 Å². The monoisotopic (exact) mass is 895 g/mol. The largest absolute Gasteiger partial charge is 0.453 e. The van der Waals surface area contributed by atoms with E-state index in [-0.39, 0.29) is 38.7 Å². The normalized spacial score (nSPS) is 27.7. The van der Waals surface area contributed by atoms with Crippen LogP contribution in [0.1, 0.15) is 70.1 Å². The van der Waals surface area contributed by atoms with Crippen molar-refractivity contribution in [2.75, 3.05) is 20.3 Å². The van der Waals surface area contributed by atoms with Gasteiger partial charge in [-0.25, -0.2) is 4.79 Å². The van der Waals surface area contributed by atoms with E-state index < -0.39 is 84.4 Å². The first kappa shape index (κ1) is 48.1. The van der Waals surface area contributed by atoms with Crippen molar-refractivity contribution in [2.24, 2.45) is 16.0 Å². The molecule has 0 amide bonds. The number of esters is 1. The maximum absolute atomic E-state index is 13.8. The molecule has 4 aromatic rings. The molecule has 14 nitrogen and oxygen atoms in total. The molecule has 0 unspecified atom stereocenters. The van der Waals surface area contributed by atoms with E-state index in [9.17, 15) is 9.59 Å². The summed E-state index contributed by atoms with van der Waals surface area (Å²) in [6, 6.07) is 38.8. The Bertz CT molecular complexity index is 2130. The molecule has 3 saturated heterocycles. The Balaban J connectivity index is 1.22. The first-order valence-corrected chi connectivity index (χ1v) is 22.0. The Morgan fingerprint density at radius 2 is 1.12 bits per heavy atom. The molecule has 0 spiro atoms. The molecular formula is C51H61NO13. The molecule has 0 radical (unpaired) electrons. The van der Waals surface area contributed by atoms with Crippen LogP contribution in [0.15, 0.2) is 126 Å². The van der Waals surface area contributed by atoms with E-state index in [2.05, 4.69) is 5.16 Å². The summed E-state index contributed by atoms with van der Waals surface area (Å²) in [4.78, 5) is 32.6. The van der Waals surface area contributed by atoms with Crippen molar-refractivity contribution in [2.45, 2.75) is 123 Å². The van der Waals surface area contributed by atoms with Gasteiger partial charge in [0.05, 0.1) is 43.9 Å². The van der Waals surface area contributed by atoms with E-state index >= 15 is 0 Å². The lowest BCUT2D eigenvalue weighted by molar-refractivity contribution is -0.334. The Morgan fingerprint density at radius 3 is 1.65 bits per heavy atom. The van der Waals surface area contributed by atoms with Crippen molar-refractivity contribution in [1.29, 1.82) is 0 Å². The maximum atomic E-state index is 13.8. The molecule has 348 valence electrons. The molecule has 3 heterocycles. The Labute approximate surface area is 381 Å². The molecule has 65 heavy (non-hydrogen) atoms.